The molecule has 8 nitrogen and oxygen atoms in total. The Balaban J connectivity index is 0.00000133. The fraction of sp³-hybridized carbons (Fsp3) is 0.261. The van der Waals surface area contributed by atoms with E-state index in [0.717, 1.165) is 34.7 Å². The molecule has 0 bridgehead atoms. The molecule has 1 aliphatic rings. The smallest absolute Gasteiger partial charge is 0.175 e. The second-order valence-corrected chi connectivity index (χ2v) is 9.97. The highest BCUT2D eigenvalue weighted by Gasteiger charge is 2.23. The molecule has 0 unspecified atom stereocenters. The monoisotopic (exact) mass is 471 g/mol. The van der Waals surface area contributed by atoms with Crippen LogP contribution in [0.15, 0.2) is 59.8 Å². The molecule has 4 heterocycles. The lowest BCUT2D eigenvalue weighted by Gasteiger charge is -2.34. The zero-order valence-corrected chi connectivity index (χ0v) is 19.8. The summed E-state index contributed by atoms with van der Waals surface area (Å²) in [5.74, 6) is 1.26. The number of ether oxygens (including phenoxy) is 1. The lowest BCUT2D eigenvalue weighted by molar-refractivity contribution is 0.0985. The number of H-pyrrole nitrogens is 1. The van der Waals surface area contributed by atoms with Gasteiger partial charge in [0.1, 0.15) is 11.5 Å². The number of hydrogen-bond acceptors (Lipinski definition) is 7. The van der Waals surface area contributed by atoms with Gasteiger partial charge in [0, 0.05) is 63.2 Å². The Morgan fingerprint density at radius 1 is 1.15 bits per heavy atom. The summed E-state index contributed by atoms with van der Waals surface area (Å²) in [6.45, 7) is 4.06. The van der Waals surface area contributed by atoms with Crippen molar-refractivity contribution < 1.29 is 13.2 Å². The number of nitrogens with one attached hydrogen (secondary N) is 1. The molecule has 1 saturated heterocycles. The third-order valence-corrected chi connectivity index (χ3v) is 6.74. The minimum absolute atomic E-state index is 0.159. The van der Waals surface area contributed by atoms with E-state index in [4.69, 9.17) is 14.7 Å². The average molecular weight is 471 g/mol. The van der Waals surface area contributed by atoms with E-state index in [-0.39, 0.29) is 10.9 Å². The van der Waals surface area contributed by atoms with Gasteiger partial charge in [-0.3, -0.25) is 0 Å². The van der Waals surface area contributed by atoms with Crippen molar-refractivity contribution in [1.29, 1.82) is 0 Å². The summed E-state index contributed by atoms with van der Waals surface area (Å²) in [5.41, 5.74) is 3.11. The minimum Gasteiger partial charge on any atom is -0.377 e. The molecule has 1 aliphatic heterocycles. The molecule has 4 aromatic rings. The van der Waals surface area contributed by atoms with Crippen LogP contribution >= 0.6 is 0 Å². The van der Waals surface area contributed by atoms with Gasteiger partial charge in [-0.15, -0.1) is 0 Å². The van der Waals surface area contributed by atoms with Crippen molar-refractivity contribution >= 4 is 42.2 Å². The molecule has 11 heteroatoms. The molecule has 5 rings (SSSR count). The van der Waals surface area contributed by atoms with Crippen LogP contribution in [-0.4, -0.2) is 75.9 Å². The standard InChI is InChI=1S/C23H23N5O3S.B2/c1-15-14-31-11-10-28(15)21-13-20(18-6-8-24-23-19(18)7-9-25-23)26-22(27-21)16-4-3-5-17(12-16)32(2,29)30;1-2/h3-9,12-13,15H,10-11,14H2,1-2H3,(H,24,25);/t15-;/m1./s1. The van der Waals surface area contributed by atoms with Crippen LogP contribution in [0.2, 0.25) is 0 Å². The fourth-order valence-electron chi connectivity index (χ4n) is 3.97. The highest BCUT2D eigenvalue weighted by Crippen LogP contribution is 2.31. The van der Waals surface area contributed by atoms with Crippen molar-refractivity contribution in [2.75, 3.05) is 30.9 Å². The van der Waals surface area contributed by atoms with Gasteiger partial charge < -0.3 is 14.6 Å². The zero-order chi connectivity index (χ0) is 24.3. The summed E-state index contributed by atoms with van der Waals surface area (Å²) < 4.78 is 29.8. The van der Waals surface area contributed by atoms with Crippen molar-refractivity contribution in [1.82, 2.24) is 19.9 Å². The van der Waals surface area contributed by atoms with Gasteiger partial charge in [-0.25, -0.2) is 23.4 Å². The predicted octanol–water partition coefficient (Wildman–Crippen LogP) is 2.55. The van der Waals surface area contributed by atoms with Crippen molar-refractivity contribution in [2.24, 2.45) is 0 Å². The molecule has 0 amide bonds. The van der Waals surface area contributed by atoms with Crippen LogP contribution in [0.25, 0.3) is 33.7 Å². The van der Waals surface area contributed by atoms with E-state index in [2.05, 4.69) is 37.3 Å². The van der Waals surface area contributed by atoms with Crippen molar-refractivity contribution in [2.45, 2.75) is 17.9 Å². The largest absolute Gasteiger partial charge is 0.377 e. The molecule has 1 N–H and O–H groups in total. The first kappa shape index (κ1) is 24.0. The van der Waals surface area contributed by atoms with Crippen LogP contribution in [0.4, 0.5) is 5.82 Å². The van der Waals surface area contributed by atoms with Crippen molar-refractivity contribution in [3.05, 3.63) is 54.9 Å². The van der Waals surface area contributed by atoms with E-state index < -0.39 is 9.84 Å². The molecule has 0 saturated carbocycles. The topological polar surface area (TPSA) is 101 Å². The first-order chi connectivity index (χ1) is 16.4. The molecule has 3 aromatic heterocycles. The van der Waals surface area contributed by atoms with Gasteiger partial charge in [0.25, 0.3) is 0 Å². The number of anilines is 1. The summed E-state index contributed by atoms with van der Waals surface area (Å²) in [5, 5.41) is 0.961. The number of sulfone groups is 1. The molecular weight excluding hydrogens is 448 g/mol. The number of benzene rings is 1. The molecule has 4 radical (unpaired) electrons. The van der Waals surface area contributed by atoms with Gasteiger partial charge in [-0.1, -0.05) is 12.1 Å². The van der Waals surface area contributed by atoms with Gasteiger partial charge >= 0.3 is 0 Å². The normalized spacial score (nSPS) is 16.2. The number of hydrogen-bond donors (Lipinski definition) is 1. The number of fused-ring (bicyclic) bond motifs is 1. The minimum atomic E-state index is -3.35. The number of nitrogens with zero attached hydrogens (tertiary/aromatic N) is 4. The molecule has 0 spiro atoms. The van der Waals surface area contributed by atoms with E-state index >= 15 is 0 Å². The molecule has 1 atom stereocenters. The zero-order valence-electron chi connectivity index (χ0n) is 19.0. The van der Waals surface area contributed by atoms with E-state index in [0.29, 0.717) is 24.6 Å². The van der Waals surface area contributed by atoms with E-state index in [1.165, 1.54) is 6.26 Å². The van der Waals surface area contributed by atoms with E-state index in [1.807, 2.05) is 30.5 Å². The Kier molecular flexibility index (Phi) is 7.04. The summed E-state index contributed by atoms with van der Waals surface area (Å²) in [6, 6.07) is 12.8. The Morgan fingerprint density at radius 3 is 2.74 bits per heavy atom. The molecule has 170 valence electrons. The number of morpholine rings is 1. The van der Waals surface area contributed by atoms with Crippen LogP contribution in [0, 0.1) is 0 Å². The average Bonchev–Trinajstić information content (AvgIpc) is 3.34. The van der Waals surface area contributed by atoms with Crippen LogP contribution in [0.5, 0.6) is 0 Å². The maximum Gasteiger partial charge on any atom is 0.175 e. The SMILES string of the molecule is C[C@@H]1COCCN1c1cc(-c2ccnc3[nH]ccc23)nc(-c2cccc(S(C)(=O)=O)c2)n1.[B][B]. The van der Waals surface area contributed by atoms with Crippen LogP contribution in [0.1, 0.15) is 6.92 Å². The second-order valence-electron chi connectivity index (χ2n) is 7.95. The maximum atomic E-state index is 12.1. The second kappa shape index (κ2) is 9.99. The van der Waals surface area contributed by atoms with Crippen LogP contribution in [0.3, 0.4) is 0 Å². The number of aromatic nitrogens is 4. The third kappa shape index (κ3) is 4.85. The lowest BCUT2D eigenvalue weighted by atomic mass is 9.81. The molecule has 1 fully saturated rings. The highest BCUT2D eigenvalue weighted by atomic mass is 32.2. The first-order valence-corrected chi connectivity index (χ1v) is 12.6. The third-order valence-electron chi connectivity index (χ3n) is 5.63. The Labute approximate surface area is 201 Å². The molecular formula is C23H23B2N5O3S. The Morgan fingerprint density at radius 2 is 1.97 bits per heavy atom. The highest BCUT2D eigenvalue weighted by molar-refractivity contribution is 7.90. The van der Waals surface area contributed by atoms with Crippen LogP contribution < -0.4 is 4.90 Å². The summed E-state index contributed by atoms with van der Waals surface area (Å²) in [6.07, 6.45) is 4.80. The molecule has 0 aliphatic carbocycles. The first-order valence-electron chi connectivity index (χ1n) is 10.7. The quantitative estimate of drug-likeness (QED) is 0.457. The van der Waals surface area contributed by atoms with Gasteiger partial charge in [-0.2, -0.15) is 0 Å². The van der Waals surface area contributed by atoms with E-state index in [1.54, 1.807) is 24.4 Å². The van der Waals surface area contributed by atoms with Crippen LogP contribution in [-0.2, 0) is 14.6 Å². The fourth-order valence-corrected chi connectivity index (χ4v) is 4.63. The summed E-state index contributed by atoms with van der Waals surface area (Å²) >= 11 is 0. The predicted molar refractivity (Wildman–Crippen MR) is 135 cm³/mol. The van der Waals surface area contributed by atoms with Crippen molar-refractivity contribution in [3.63, 3.8) is 0 Å². The summed E-state index contributed by atoms with van der Waals surface area (Å²) in [4.78, 5) is 19.6. The van der Waals surface area contributed by atoms with Gasteiger partial charge in [-0.05, 0) is 31.2 Å². The Hall–Kier alpha value is -3.17. The van der Waals surface area contributed by atoms with Gasteiger partial charge in [0.05, 0.1) is 29.8 Å². The number of rotatable bonds is 4. The van der Waals surface area contributed by atoms with Crippen molar-refractivity contribution in [3.8, 4) is 22.6 Å². The van der Waals surface area contributed by atoms with Gasteiger partial charge in [0.15, 0.2) is 15.7 Å². The Bertz CT molecular complexity index is 1410. The molecule has 34 heavy (non-hydrogen) atoms. The van der Waals surface area contributed by atoms with Gasteiger partial charge in [0.2, 0.25) is 0 Å². The van der Waals surface area contributed by atoms with E-state index in [9.17, 15) is 8.42 Å². The summed E-state index contributed by atoms with van der Waals surface area (Å²) in [7, 11) is 4.65. The maximum absolute atomic E-state index is 12.1. The lowest BCUT2D eigenvalue weighted by Crippen LogP contribution is -2.44. The molecule has 1 aromatic carbocycles. The number of aromatic amines is 1. The number of pyridine rings is 1.